The molecule has 1 aromatic rings. The first-order valence-corrected chi connectivity index (χ1v) is 5.33. The first-order valence-electron chi connectivity index (χ1n) is 5.33. The highest BCUT2D eigenvalue weighted by molar-refractivity contribution is 5.39. The number of hydrogen-bond acceptors (Lipinski definition) is 3. The highest BCUT2D eigenvalue weighted by Gasteiger charge is 2.19. The van der Waals surface area contributed by atoms with Gasteiger partial charge in [-0.1, -0.05) is 6.07 Å². The molecule has 2 N–H and O–H groups in total. The summed E-state index contributed by atoms with van der Waals surface area (Å²) < 4.78 is 5.20. The second-order valence-corrected chi connectivity index (χ2v) is 3.90. The standard InChI is InChI=1S/C12H17NO2/c1-15-11-2-3-12-9(4-5-14)7-13-8-10(12)6-11/h2-3,6,9,13-14H,4-5,7-8H2,1H3. The summed E-state index contributed by atoms with van der Waals surface area (Å²) in [4.78, 5) is 0. The Hall–Kier alpha value is -1.06. The monoisotopic (exact) mass is 207 g/mol. The molecule has 82 valence electrons. The van der Waals surface area contributed by atoms with Crippen LogP contribution < -0.4 is 10.1 Å². The van der Waals surface area contributed by atoms with Gasteiger partial charge in [-0.15, -0.1) is 0 Å². The highest BCUT2D eigenvalue weighted by Crippen LogP contribution is 2.29. The lowest BCUT2D eigenvalue weighted by Gasteiger charge is -2.26. The predicted molar refractivity (Wildman–Crippen MR) is 59.1 cm³/mol. The summed E-state index contributed by atoms with van der Waals surface area (Å²) in [6.45, 7) is 2.10. The van der Waals surface area contributed by atoms with Crippen LogP contribution in [0.2, 0.25) is 0 Å². The Kier molecular flexibility index (Phi) is 3.23. The number of ether oxygens (including phenoxy) is 1. The summed E-state index contributed by atoms with van der Waals surface area (Å²) in [5, 5.41) is 12.4. The zero-order valence-corrected chi connectivity index (χ0v) is 8.99. The van der Waals surface area contributed by atoms with Crippen LogP contribution in [0.5, 0.6) is 5.75 Å². The second kappa shape index (κ2) is 4.64. The van der Waals surface area contributed by atoms with Crippen molar-refractivity contribution >= 4 is 0 Å². The van der Waals surface area contributed by atoms with Gasteiger partial charge in [-0.2, -0.15) is 0 Å². The molecular formula is C12H17NO2. The molecule has 2 rings (SSSR count). The van der Waals surface area contributed by atoms with Crippen molar-refractivity contribution in [1.29, 1.82) is 0 Å². The lowest BCUT2D eigenvalue weighted by atomic mass is 9.88. The van der Waals surface area contributed by atoms with Crippen LogP contribution in [-0.2, 0) is 6.54 Å². The molecule has 0 radical (unpaired) electrons. The van der Waals surface area contributed by atoms with Crippen molar-refractivity contribution < 1.29 is 9.84 Å². The molecule has 0 fully saturated rings. The van der Waals surface area contributed by atoms with Crippen molar-refractivity contribution in [2.45, 2.75) is 18.9 Å². The van der Waals surface area contributed by atoms with E-state index >= 15 is 0 Å². The Labute approximate surface area is 90.1 Å². The third kappa shape index (κ3) is 2.13. The van der Waals surface area contributed by atoms with E-state index in [-0.39, 0.29) is 6.61 Å². The molecule has 1 atom stereocenters. The number of benzene rings is 1. The number of fused-ring (bicyclic) bond motifs is 1. The molecule has 0 bridgehead atoms. The molecule has 0 spiro atoms. The summed E-state index contributed by atoms with van der Waals surface area (Å²) in [6.07, 6.45) is 0.826. The summed E-state index contributed by atoms with van der Waals surface area (Å²) in [5.74, 6) is 1.34. The van der Waals surface area contributed by atoms with E-state index in [2.05, 4.69) is 17.4 Å². The molecule has 3 nitrogen and oxygen atoms in total. The fourth-order valence-corrected chi connectivity index (χ4v) is 2.16. The average Bonchev–Trinajstić information content (AvgIpc) is 2.29. The minimum absolute atomic E-state index is 0.248. The largest absolute Gasteiger partial charge is 0.497 e. The molecule has 3 heteroatoms. The van der Waals surface area contributed by atoms with Gasteiger partial charge in [-0.3, -0.25) is 0 Å². The SMILES string of the molecule is COc1ccc2c(c1)CNCC2CCO. The summed E-state index contributed by atoms with van der Waals surface area (Å²) in [6, 6.07) is 6.19. The van der Waals surface area contributed by atoms with E-state index in [0.29, 0.717) is 5.92 Å². The molecule has 1 heterocycles. The normalized spacial score (nSPS) is 19.7. The number of methoxy groups -OCH3 is 1. The fourth-order valence-electron chi connectivity index (χ4n) is 2.16. The molecule has 0 saturated carbocycles. The van der Waals surface area contributed by atoms with Crippen molar-refractivity contribution in [3.8, 4) is 5.75 Å². The van der Waals surface area contributed by atoms with Crippen LogP contribution in [0.4, 0.5) is 0 Å². The molecule has 1 aliphatic rings. The van der Waals surface area contributed by atoms with Gasteiger partial charge in [0, 0.05) is 19.7 Å². The maximum absolute atomic E-state index is 8.99. The van der Waals surface area contributed by atoms with Crippen LogP contribution in [0.25, 0.3) is 0 Å². The lowest BCUT2D eigenvalue weighted by Crippen LogP contribution is -2.28. The molecule has 0 amide bonds. The van der Waals surface area contributed by atoms with Crippen LogP contribution >= 0.6 is 0 Å². The summed E-state index contributed by atoms with van der Waals surface area (Å²) in [5.41, 5.74) is 2.64. The fraction of sp³-hybridized carbons (Fsp3) is 0.500. The minimum Gasteiger partial charge on any atom is -0.497 e. The van der Waals surface area contributed by atoms with E-state index in [9.17, 15) is 0 Å². The van der Waals surface area contributed by atoms with Gasteiger partial charge in [-0.25, -0.2) is 0 Å². The van der Waals surface area contributed by atoms with Gasteiger partial charge in [0.2, 0.25) is 0 Å². The molecule has 1 aromatic carbocycles. The zero-order chi connectivity index (χ0) is 10.7. The number of aliphatic hydroxyl groups excluding tert-OH is 1. The Morgan fingerprint density at radius 2 is 2.40 bits per heavy atom. The van der Waals surface area contributed by atoms with Gasteiger partial charge in [0.1, 0.15) is 5.75 Å². The Morgan fingerprint density at radius 1 is 1.53 bits per heavy atom. The molecule has 0 aliphatic carbocycles. The number of aliphatic hydroxyl groups is 1. The molecular weight excluding hydrogens is 190 g/mol. The van der Waals surface area contributed by atoms with Gasteiger partial charge in [0.25, 0.3) is 0 Å². The quantitative estimate of drug-likeness (QED) is 0.784. The molecule has 1 unspecified atom stereocenters. The zero-order valence-electron chi connectivity index (χ0n) is 8.99. The van der Waals surface area contributed by atoms with Crippen molar-refractivity contribution in [3.63, 3.8) is 0 Å². The van der Waals surface area contributed by atoms with Gasteiger partial charge >= 0.3 is 0 Å². The first-order chi connectivity index (χ1) is 7.35. The van der Waals surface area contributed by atoms with E-state index in [1.165, 1.54) is 11.1 Å². The van der Waals surface area contributed by atoms with E-state index in [4.69, 9.17) is 9.84 Å². The third-order valence-electron chi connectivity index (χ3n) is 2.97. The van der Waals surface area contributed by atoms with Crippen LogP contribution in [0.3, 0.4) is 0 Å². The molecule has 15 heavy (non-hydrogen) atoms. The first kappa shape index (κ1) is 10.5. The molecule has 0 aromatic heterocycles. The van der Waals surface area contributed by atoms with Crippen LogP contribution in [0.1, 0.15) is 23.5 Å². The van der Waals surface area contributed by atoms with Crippen LogP contribution in [0, 0.1) is 0 Å². The van der Waals surface area contributed by atoms with Crippen LogP contribution in [-0.4, -0.2) is 25.4 Å². The van der Waals surface area contributed by atoms with Crippen molar-refractivity contribution in [1.82, 2.24) is 5.32 Å². The van der Waals surface area contributed by atoms with E-state index in [1.807, 2.05) is 6.07 Å². The minimum atomic E-state index is 0.248. The smallest absolute Gasteiger partial charge is 0.119 e. The Morgan fingerprint density at radius 3 is 3.13 bits per heavy atom. The average molecular weight is 207 g/mol. The van der Waals surface area contributed by atoms with Gasteiger partial charge in [0.05, 0.1) is 7.11 Å². The Balaban J connectivity index is 2.28. The van der Waals surface area contributed by atoms with Crippen molar-refractivity contribution in [2.75, 3.05) is 20.3 Å². The number of nitrogens with one attached hydrogen (secondary N) is 1. The lowest BCUT2D eigenvalue weighted by molar-refractivity contribution is 0.271. The summed E-state index contributed by atoms with van der Waals surface area (Å²) >= 11 is 0. The maximum atomic E-state index is 8.99. The number of hydrogen-bond donors (Lipinski definition) is 2. The van der Waals surface area contributed by atoms with Gasteiger partial charge in [-0.05, 0) is 35.6 Å². The topological polar surface area (TPSA) is 41.5 Å². The molecule has 1 aliphatic heterocycles. The van der Waals surface area contributed by atoms with Crippen LogP contribution in [0.15, 0.2) is 18.2 Å². The highest BCUT2D eigenvalue weighted by atomic mass is 16.5. The van der Waals surface area contributed by atoms with Crippen molar-refractivity contribution in [3.05, 3.63) is 29.3 Å². The molecule has 0 saturated heterocycles. The number of rotatable bonds is 3. The van der Waals surface area contributed by atoms with Crippen molar-refractivity contribution in [2.24, 2.45) is 0 Å². The van der Waals surface area contributed by atoms with Gasteiger partial charge < -0.3 is 15.2 Å². The van der Waals surface area contributed by atoms with E-state index in [0.717, 1.165) is 25.3 Å². The summed E-state index contributed by atoms with van der Waals surface area (Å²) in [7, 11) is 1.68. The second-order valence-electron chi connectivity index (χ2n) is 3.90. The predicted octanol–water partition coefficient (Wildman–Crippen LogP) is 1.26. The van der Waals surface area contributed by atoms with E-state index in [1.54, 1.807) is 7.11 Å². The van der Waals surface area contributed by atoms with E-state index < -0.39 is 0 Å². The maximum Gasteiger partial charge on any atom is 0.119 e. The van der Waals surface area contributed by atoms with Gasteiger partial charge in [0.15, 0.2) is 0 Å². The Bertz CT molecular complexity index is 338. The third-order valence-corrected chi connectivity index (χ3v) is 2.97.